The largest absolute Gasteiger partial charge is 0.379 e. The van der Waals surface area contributed by atoms with E-state index in [4.69, 9.17) is 4.74 Å². The number of hydrogen-bond donors (Lipinski definition) is 0. The summed E-state index contributed by atoms with van der Waals surface area (Å²) in [5.41, 5.74) is -0.476. The zero-order chi connectivity index (χ0) is 29.2. The number of rotatable bonds is 19. The molecule has 2 fully saturated rings. The molecule has 1 unspecified atom stereocenters. The van der Waals surface area contributed by atoms with Crippen LogP contribution in [-0.2, 0) is 14.3 Å². The third-order valence-corrected chi connectivity index (χ3v) is 9.47. The highest BCUT2D eigenvalue weighted by molar-refractivity contribution is 6.03. The summed E-state index contributed by atoms with van der Waals surface area (Å²) in [5, 5.41) is 0. The Morgan fingerprint density at radius 3 is 1.85 bits per heavy atom. The van der Waals surface area contributed by atoms with E-state index < -0.39 is 5.54 Å². The average molecular weight is 551 g/mol. The Morgan fingerprint density at radius 2 is 1.33 bits per heavy atom. The molecule has 2 rings (SSSR count). The number of urea groups is 2. The third-order valence-electron chi connectivity index (χ3n) is 9.47. The first-order valence-electron chi connectivity index (χ1n) is 15.4. The van der Waals surface area contributed by atoms with Crippen LogP contribution in [0.4, 0.5) is 9.59 Å². The van der Waals surface area contributed by atoms with E-state index in [1.165, 1.54) is 4.90 Å². The van der Waals surface area contributed by atoms with Gasteiger partial charge in [0.05, 0.1) is 11.6 Å². The second-order valence-electron chi connectivity index (χ2n) is 11.5. The number of nitrogens with zero attached hydrogens (tertiary/aromatic N) is 4. The zero-order valence-electron chi connectivity index (χ0n) is 25.7. The normalized spacial score (nSPS) is 17.8. The summed E-state index contributed by atoms with van der Waals surface area (Å²) in [5.74, 6) is -0.159. The van der Waals surface area contributed by atoms with Gasteiger partial charge in [0.2, 0.25) is 5.91 Å². The monoisotopic (exact) mass is 550 g/mol. The van der Waals surface area contributed by atoms with Gasteiger partial charge in [-0.15, -0.1) is 0 Å². The number of amides is 6. The summed E-state index contributed by atoms with van der Waals surface area (Å²) >= 11 is 0. The first-order chi connectivity index (χ1) is 18.6. The lowest BCUT2D eigenvalue weighted by Crippen LogP contribution is -2.52. The van der Waals surface area contributed by atoms with Crippen molar-refractivity contribution >= 4 is 23.9 Å². The van der Waals surface area contributed by atoms with Crippen LogP contribution in [0.3, 0.4) is 0 Å². The van der Waals surface area contributed by atoms with E-state index >= 15 is 0 Å². The van der Waals surface area contributed by atoms with E-state index in [-0.39, 0.29) is 48.5 Å². The van der Waals surface area contributed by atoms with Crippen molar-refractivity contribution in [3.8, 4) is 0 Å². The number of imide groups is 2. The molecule has 0 aliphatic carbocycles. The number of carbonyl (C=O) groups is 4. The molecule has 2 saturated heterocycles. The van der Waals surface area contributed by atoms with Gasteiger partial charge in [-0.1, -0.05) is 34.1 Å². The maximum absolute atomic E-state index is 12.9. The highest BCUT2D eigenvalue weighted by Gasteiger charge is 2.47. The second-order valence-corrected chi connectivity index (χ2v) is 11.5. The van der Waals surface area contributed by atoms with Crippen LogP contribution in [0.5, 0.6) is 0 Å². The molecule has 2 aliphatic heterocycles. The Kier molecular flexibility index (Phi) is 12.7. The number of carbonyl (C=O) groups excluding carboxylic acids is 4. The van der Waals surface area contributed by atoms with E-state index in [1.54, 1.807) is 14.7 Å². The molecule has 0 bridgehead atoms. The van der Waals surface area contributed by atoms with Crippen LogP contribution < -0.4 is 0 Å². The molecule has 9 nitrogen and oxygen atoms in total. The van der Waals surface area contributed by atoms with Gasteiger partial charge < -0.3 is 14.5 Å². The molecule has 2 aliphatic rings. The topological polar surface area (TPSA) is 90.5 Å². The minimum atomic E-state index is -0.423. The van der Waals surface area contributed by atoms with Gasteiger partial charge in [-0.25, -0.2) is 9.59 Å². The molecule has 0 aromatic heterocycles. The van der Waals surface area contributed by atoms with Crippen molar-refractivity contribution in [2.75, 3.05) is 39.3 Å². The lowest BCUT2D eigenvalue weighted by molar-refractivity contribution is -0.130. The van der Waals surface area contributed by atoms with Crippen LogP contribution in [0, 0.1) is 5.41 Å². The standard InChI is InChI=1S/C30H54N4O5/c1-8-29(9-2,23-33-25(35)21-31(12-5)27(33)37)18-14-15-20-39-24(7)17-16-19-30(10-3,11-4)34-26(36)22-32(13-6)28(34)38/h24H,8-23H2,1-7H3. The van der Waals surface area contributed by atoms with Crippen molar-refractivity contribution < 1.29 is 23.9 Å². The van der Waals surface area contributed by atoms with E-state index in [0.29, 0.717) is 26.2 Å². The fourth-order valence-corrected chi connectivity index (χ4v) is 6.22. The van der Waals surface area contributed by atoms with Gasteiger partial charge in [0, 0.05) is 26.2 Å². The number of unbranched alkanes of at least 4 members (excludes halogenated alkanes) is 1. The lowest BCUT2D eigenvalue weighted by Gasteiger charge is -2.39. The summed E-state index contributed by atoms with van der Waals surface area (Å²) in [6.45, 7) is 17.0. The van der Waals surface area contributed by atoms with Crippen LogP contribution in [-0.4, -0.2) is 94.4 Å². The average Bonchev–Trinajstić information content (AvgIpc) is 3.38. The molecule has 0 saturated carbocycles. The summed E-state index contributed by atoms with van der Waals surface area (Å²) < 4.78 is 6.12. The van der Waals surface area contributed by atoms with Crippen molar-refractivity contribution in [1.29, 1.82) is 0 Å². The highest BCUT2D eigenvalue weighted by atomic mass is 16.5. The van der Waals surface area contributed by atoms with Crippen LogP contribution in [0.1, 0.15) is 113 Å². The van der Waals surface area contributed by atoms with Crippen LogP contribution in [0.2, 0.25) is 0 Å². The van der Waals surface area contributed by atoms with Crippen molar-refractivity contribution in [3.05, 3.63) is 0 Å². The fourth-order valence-electron chi connectivity index (χ4n) is 6.22. The molecular weight excluding hydrogens is 496 g/mol. The molecule has 0 spiro atoms. The van der Waals surface area contributed by atoms with Gasteiger partial charge in [0.15, 0.2) is 0 Å². The molecule has 1 atom stereocenters. The molecular formula is C30H54N4O5. The third kappa shape index (κ3) is 7.74. The molecule has 0 aromatic rings. The van der Waals surface area contributed by atoms with Crippen molar-refractivity contribution in [2.45, 2.75) is 124 Å². The van der Waals surface area contributed by atoms with Crippen LogP contribution >= 0.6 is 0 Å². The molecule has 0 N–H and O–H groups in total. The number of likely N-dealkylation sites (N-methyl/N-ethyl adjacent to an activating group) is 2. The summed E-state index contributed by atoms with van der Waals surface area (Å²) in [7, 11) is 0. The lowest BCUT2D eigenvalue weighted by atomic mass is 9.77. The quantitative estimate of drug-likeness (QED) is 0.153. The summed E-state index contributed by atoms with van der Waals surface area (Å²) in [6, 6.07) is -0.297. The molecule has 6 amide bonds. The minimum Gasteiger partial charge on any atom is -0.379 e. The summed E-state index contributed by atoms with van der Waals surface area (Å²) in [4.78, 5) is 56.8. The van der Waals surface area contributed by atoms with Crippen molar-refractivity contribution in [1.82, 2.24) is 19.6 Å². The van der Waals surface area contributed by atoms with Gasteiger partial charge in [-0.3, -0.25) is 19.4 Å². The Balaban J connectivity index is 1.78. The highest BCUT2D eigenvalue weighted by Crippen LogP contribution is 2.36. The first kappa shape index (κ1) is 33.0. The minimum absolute atomic E-state index is 0.0535. The maximum Gasteiger partial charge on any atom is 0.327 e. The van der Waals surface area contributed by atoms with E-state index in [2.05, 4.69) is 34.6 Å². The second kappa shape index (κ2) is 15.0. The van der Waals surface area contributed by atoms with Gasteiger partial charge in [0.1, 0.15) is 13.1 Å². The number of ether oxygens (including phenoxy) is 1. The van der Waals surface area contributed by atoms with Crippen LogP contribution in [0.15, 0.2) is 0 Å². The molecule has 0 aromatic carbocycles. The van der Waals surface area contributed by atoms with Crippen molar-refractivity contribution in [3.63, 3.8) is 0 Å². The van der Waals surface area contributed by atoms with E-state index in [0.717, 1.165) is 64.2 Å². The Hall–Kier alpha value is -2.16. The van der Waals surface area contributed by atoms with E-state index in [9.17, 15) is 19.2 Å². The molecule has 9 heteroatoms. The summed E-state index contributed by atoms with van der Waals surface area (Å²) in [6.07, 6.45) is 8.95. The Morgan fingerprint density at radius 1 is 0.744 bits per heavy atom. The predicted octanol–water partition coefficient (Wildman–Crippen LogP) is 5.67. The Bertz CT molecular complexity index is 839. The number of hydrogen-bond acceptors (Lipinski definition) is 5. The maximum atomic E-state index is 12.9. The Labute approximate surface area is 236 Å². The smallest absolute Gasteiger partial charge is 0.327 e. The van der Waals surface area contributed by atoms with Crippen molar-refractivity contribution in [2.24, 2.45) is 5.41 Å². The predicted molar refractivity (Wildman–Crippen MR) is 153 cm³/mol. The van der Waals surface area contributed by atoms with Gasteiger partial charge in [-0.05, 0) is 84.0 Å². The fraction of sp³-hybridized carbons (Fsp3) is 0.867. The molecule has 39 heavy (non-hydrogen) atoms. The van der Waals surface area contributed by atoms with Gasteiger partial charge in [-0.2, -0.15) is 0 Å². The molecule has 0 radical (unpaired) electrons. The first-order valence-corrected chi connectivity index (χ1v) is 15.4. The van der Waals surface area contributed by atoms with E-state index in [1.807, 2.05) is 13.8 Å². The zero-order valence-corrected chi connectivity index (χ0v) is 25.7. The van der Waals surface area contributed by atoms with Gasteiger partial charge >= 0.3 is 12.1 Å². The molecule has 2 heterocycles. The molecule has 224 valence electrons. The SMILES string of the molecule is CCN1CC(=O)N(CC(CC)(CC)CCCCOC(C)CCCC(CC)(CC)N2C(=O)CN(CC)C2=O)C1=O. The van der Waals surface area contributed by atoms with Crippen LogP contribution in [0.25, 0.3) is 0 Å². The van der Waals surface area contributed by atoms with Gasteiger partial charge in [0.25, 0.3) is 5.91 Å².